The van der Waals surface area contributed by atoms with Crippen LogP contribution in [0.15, 0.2) is 29.2 Å². The van der Waals surface area contributed by atoms with E-state index >= 15 is 0 Å². The van der Waals surface area contributed by atoms with Gasteiger partial charge < -0.3 is 5.73 Å². The number of piperidine rings is 1. The summed E-state index contributed by atoms with van der Waals surface area (Å²) in [6, 6.07) is 9.63. The molecular weight excluding hydrogens is 240 g/mol. The Bertz CT molecular complexity index is 363. The second-order valence-electron chi connectivity index (χ2n) is 5.31. The van der Waals surface area contributed by atoms with Gasteiger partial charge in [0.05, 0.1) is 0 Å². The SMILES string of the molecule is CSc1ccc(CN2CC(CN)CCC2C)cc1. The summed E-state index contributed by atoms with van der Waals surface area (Å²) < 4.78 is 0. The molecule has 2 rings (SSSR count). The largest absolute Gasteiger partial charge is 0.330 e. The fourth-order valence-corrected chi connectivity index (χ4v) is 3.05. The Morgan fingerprint density at radius 2 is 2.00 bits per heavy atom. The molecule has 3 heteroatoms. The summed E-state index contributed by atoms with van der Waals surface area (Å²) in [6.07, 6.45) is 4.69. The summed E-state index contributed by atoms with van der Waals surface area (Å²) in [6.45, 7) is 5.38. The minimum absolute atomic E-state index is 0.687. The van der Waals surface area contributed by atoms with Crippen LogP contribution in [0.25, 0.3) is 0 Å². The van der Waals surface area contributed by atoms with Crippen LogP contribution in [0.2, 0.25) is 0 Å². The molecule has 1 heterocycles. The molecule has 1 aromatic carbocycles. The molecule has 0 radical (unpaired) electrons. The van der Waals surface area contributed by atoms with Gasteiger partial charge in [-0.3, -0.25) is 4.90 Å². The third-order valence-electron chi connectivity index (χ3n) is 3.99. The van der Waals surface area contributed by atoms with Gasteiger partial charge in [0.15, 0.2) is 0 Å². The van der Waals surface area contributed by atoms with Crippen LogP contribution >= 0.6 is 11.8 Å². The van der Waals surface area contributed by atoms with Gasteiger partial charge in [-0.05, 0) is 56.2 Å². The van der Waals surface area contributed by atoms with Crippen molar-refractivity contribution in [2.24, 2.45) is 11.7 Å². The standard InChI is InChI=1S/C15H24N2S/c1-12-3-4-14(9-16)11-17(12)10-13-5-7-15(18-2)8-6-13/h5-8,12,14H,3-4,9-11,16H2,1-2H3. The third-order valence-corrected chi connectivity index (χ3v) is 4.73. The predicted octanol–water partition coefficient (Wildman–Crippen LogP) is 2.97. The van der Waals surface area contributed by atoms with Crippen LogP contribution in [-0.2, 0) is 6.54 Å². The first-order chi connectivity index (χ1) is 8.72. The van der Waals surface area contributed by atoms with Crippen LogP contribution in [0.1, 0.15) is 25.3 Å². The Balaban J connectivity index is 1.97. The molecule has 0 bridgehead atoms. The van der Waals surface area contributed by atoms with Crippen molar-refractivity contribution >= 4 is 11.8 Å². The Morgan fingerprint density at radius 3 is 2.61 bits per heavy atom. The monoisotopic (exact) mass is 264 g/mol. The molecule has 2 unspecified atom stereocenters. The first kappa shape index (κ1) is 13.9. The van der Waals surface area contributed by atoms with Crippen molar-refractivity contribution in [1.82, 2.24) is 4.90 Å². The molecule has 0 amide bonds. The zero-order valence-electron chi connectivity index (χ0n) is 11.4. The molecule has 1 aliphatic rings. The van der Waals surface area contributed by atoms with Gasteiger partial charge in [0, 0.05) is 24.0 Å². The van der Waals surface area contributed by atoms with E-state index in [-0.39, 0.29) is 0 Å². The molecule has 1 saturated heterocycles. The molecule has 1 fully saturated rings. The van der Waals surface area contributed by atoms with E-state index < -0.39 is 0 Å². The molecule has 0 saturated carbocycles. The molecule has 2 N–H and O–H groups in total. The minimum atomic E-state index is 0.687. The third kappa shape index (κ3) is 3.50. The fraction of sp³-hybridized carbons (Fsp3) is 0.600. The van der Waals surface area contributed by atoms with E-state index in [1.165, 1.54) is 23.3 Å². The second kappa shape index (κ2) is 6.60. The predicted molar refractivity (Wildman–Crippen MR) is 79.9 cm³/mol. The van der Waals surface area contributed by atoms with Gasteiger partial charge in [-0.25, -0.2) is 0 Å². The van der Waals surface area contributed by atoms with E-state index in [4.69, 9.17) is 5.73 Å². The van der Waals surface area contributed by atoms with E-state index in [0.717, 1.165) is 19.6 Å². The van der Waals surface area contributed by atoms with Gasteiger partial charge in [-0.2, -0.15) is 0 Å². The van der Waals surface area contributed by atoms with Crippen LogP contribution in [0.4, 0.5) is 0 Å². The first-order valence-corrected chi connectivity index (χ1v) is 8.02. The minimum Gasteiger partial charge on any atom is -0.330 e. The lowest BCUT2D eigenvalue weighted by Gasteiger charge is -2.37. The highest BCUT2D eigenvalue weighted by Crippen LogP contribution is 2.23. The van der Waals surface area contributed by atoms with Crippen LogP contribution in [0, 0.1) is 5.92 Å². The molecule has 0 aromatic heterocycles. The zero-order chi connectivity index (χ0) is 13.0. The van der Waals surface area contributed by atoms with Gasteiger partial charge >= 0.3 is 0 Å². The molecular formula is C15H24N2S. The second-order valence-corrected chi connectivity index (χ2v) is 6.19. The summed E-state index contributed by atoms with van der Waals surface area (Å²) in [5, 5.41) is 0. The van der Waals surface area contributed by atoms with Crippen LogP contribution in [0.3, 0.4) is 0 Å². The van der Waals surface area contributed by atoms with Crippen molar-refractivity contribution in [2.45, 2.75) is 37.2 Å². The Hall–Kier alpha value is -0.510. The molecule has 18 heavy (non-hydrogen) atoms. The number of likely N-dealkylation sites (tertiary alicyclic amines) is 1. The highest BCUT2D eigenvalue weighted by atomic mass is 32.2. The van der Waals surface area contributed by atoms with Crippen molar-refractivity contribution in [3.05, 3.63) is 29.8 Å². The number of nitrogens with two attached hydrogens (primary N) is 1. The molecule has 100 valence electrons. The van der Waals surface area contributed by atoms with Crippen molar-refractivity contribution in [2.75, 3.05) is 19.3 Å². The van der Waals surface area contributed by atoms with Gasteiger partial charge in [-0.15, -0.1) is 11.8 Å². The molecule has 1 aromatic rings. The van der Waals surface area contributed by atoms with Gasteiger partial charge in [0.1, 0.15) is 0 Å². The van der Waals surface area contributed by atoms with Crippen LogP contribution < -0.4 is 5.73 Å². The number of thioether (sulfide) groups is 1. The van der Waals surface area contributed by atoms with Crippen molar-refractivity contribution in [3.63, 3.8) is 0 Å². The van der Waals surface area contributed by atoms with Crippen molar-refractivity contribution in [1.29, 1.82) is 0 Å². The highest BCUT2D eigenvalue weighted by Gasteiger charge is 2.24. The van der Waals surface area contributed by atoms with Gasteiger partial charge in [0.2, 0.25) is 0 Å². The lowest BCUT2D eigenvalue weighted by molar-refractivity contribution is 0.113. The summed E-state index contributed by atoms with van der Waals surface area (Å²) >= 11 is 1.80. The molecule has 0 spiro atoms. The average molecular weight is 264 g/mol. The normalized spacial score (nSPS) is 25.3. The van der Waals surface area contributed by atoms with Crippen molar-refractivity contribution in [3.8, 4) is 0 Å². The lowest BCUT2D eigenvalue weighted by atomic mass is 9.93. The molecule has 0 aliphatic carbocycles. The summed E-state index contributed by atoms with van der Waals surface area (Å²) in [5.41, 5.74) is 7.23. The van der Waals surface area contributed by atoms with Crippen LogP contribution in [-0.4, -0.2) is 30.3 Å². The number of benzene rings is 1. The maximum atomic E-state index is 5.81. The maximum Gasteiger partial charge on any atom is 0.0236 e. The lowest BCUT2D eigenvalue weighted by Crippen LogP contribution is -2.43. The summed E-state index contributed by atoms with van der Waals surface area (Å²) in [7, 11) is 0. The number of rotatable bonds is 4. The zero-order valence-corrected chi connectivity index (χ0v) is 12.2. The van der Waals surface area contributed by atoms with E-state index in [0.29, 0.717) is 12.0 Å². The smallest absolute Gasteiger partial charge is 0.0236 e. The Kier molecular flexibility index (Phi) is 5.10. The van der Waals surface area contributed by atoms with Gasteiger partial charge in [-0.1, -0.05) is 12.1 Å². The van der Waals surface area contributed by atoms with Crippen molar-refractivity contribution < 1.29 is 0 Å². The fourth-order valence-electron chi connectivity index (χ4n) is 2.64. The van der Waals surface area contributed by atoms with Crippen LogP contribution in [0.5, 0.6) is 0 Å². The van der Waals surface area contributed by atoms with E-state index in [1.807, 2.05) is 0 Å². The number of hydrogen-bond acceptors (Lipinski definition) is 3. The molecule has 1 aliphatic heterocycles. The Morgan fingerprint density at radius 1 is 1.28 bits per heavy atom. The maximum absolute atomic E-state index is 5.81. The quantitative estimate of drug-likeness (QED) is 0.848. The molecule has 2 nitrogen and oxygen atoms in total. The van der Waals surface area contributed by atoms with E-state index in [9.17, 15) is 0 Å². The first-order valence-electron chi connectivity index (χ1n) is 6.80. The summed E-state index contributed by atoms with van der Waals surface area (Å²) in [4.78, 5) is 3.92. The van der Waals surface area contributed by atoms with E-state index in [1.54, 1.807) is 11.8 Å². The Labute approximate surface area is 115 Å². The van der Waals surface area contributed by atoms with E-state index in [2.05, 4.69) is 42.3 Å². The number of nitrogens with zero attached hydrogens (tertiary/aromatic N) is 1. The average Bonchev–Trinajstić information content (AvgIpc) is 2.42. The topological polar surface area (TPSA) is 29.3 Å². The highest BCUT2D eigenvalue weighted by molar-refractivity contribution is 7.98. The molecule has 2 atom stereocenters. The van der Waals surface area contributed by atoms with Gasteiger partial charge in [0.25, 0.3) is 0 Å². The number of hydrogen-bond donors (Lipinski definition) is 1. The summed E-state index contributed by atoms with van der Waals surface area (Å²) in [5.74, 6) is 0.687.